The van der Waals surface area contributed by atoms with Crippen LogP contribution in [0.15, 0.2) is 0 Å². The standard InChI is InChI=1S/C14H26O2/c1-5-10(3)9-14-11(4)12(6-2)13(16-14)7-8-15/h8,10-14H,5-7,9H2,1-4H3/t10?,11-,12-,13+,14-/m1/s1. The number of rotatable bonds is 6. The SMILES string of the molecule is CCC(C)C[C@H]1O[C@@H](CC=O)[C@H](CC)[C@H]1C. The first-order chi connectivity index (χ1) is 7.63. The van der Waals surface area contributed by atoms with Crippen LogP contribution in [0.4, 0.5) is 0 Å². The molecule has 1 heterocycles. The lowest BCUT2D eigenvalue weighted by atomic mass is 9.83. The van der Waals surface area contributed by atoms with Crippen LogP contribution in [0, 0.1) is 17.8 Å². The third-order valence-corrected chi connectivity index (χ3v) is 4.22. The van der Waals surface area contributed by atoms with Crippen LogP contribution >= 0.6 is 0 Å². The van der Waals surface area contributed by atoms with Crippen LogP contribution in [0.2, 0.25) is 0 Å². The summed E-state index contributed by atoms with van der Waals surface area (Å²) in [5.41, 5.74) is 0. The molecular weight excluding hydrogens is 200 g/mol. The summed E-state index contributed by atoms with van der Waals surface area (Å²) in [7, 11) is 0. The summed E-state index contributed by atoms with van der Waals surface area (Å²) >= 11 is 0. The first kappa shape index (κ1) is 13.7. The van der Waals surface area contributed by atoms with E-state index < -0.39 is 0 Å². The van der Waals surface area contributed by atoms with Gasteiger partial charge in [0.2, 0.25) is 0 Å². The quantitative estimate of drug-likeness (QED) is 0.648. The van der Waals surface area contributed by atoms with E-state index in [4.69, 9.17) is 4.74 Å². The molecule has 0 radical (unpaired) electrons. The van der Waals surface area contributed by atoms with Gasteiger partial charge in [-0.2, -0.15) is 0 Å². The van der Waals surface area contributed by atoms with Gasteiger partial charge in [-0.05, 0) is 24.2 Å². The molecule has 1 aliphatic heterocycles. The molecule has 0 saturated carbocycles. The van der Waals surface area contributed by atoms with Crippen LogP contribution in [0.1, 0.15) is 53.4 Å². The van der Waals surface area contributed by atoms with Gasteiger partial charge in [-0.25, -0.2) is 0 Å². The maximum Gasteiger partial charge on any atom is 0.122 e. The van der Waals surface area contributed by atoms with Gasteiger partial charge in [-0.1, -0.05) is 40.5 Å². The first-order valence-corrected chi connectivity index (χ1v) is 6.73. The summed E-state index contributed by atoms with van der Waals surface area (Å²) < 4.78 is 6.06. The smallest absolute Gasteiger partial charge is 0.122 e. The Morgan fingerprint density at radius 3 is 2.50 bits per heavy atom. The number of ether oxygens (including phenoxy) is 1. The van der Waals surface area contributed by atoms with E-state index in [1.54, 1.807) is 0 Å². The minimum Gasteiger partial charge on any atom is -0.374 e. The Morgan fingerprint density at radius 2 is 2.00 bits per heavy atom. The van der Waals surface area contributed by atoms with Crippen molar-refractivity contribution in [3.63, 3.8) is 0 Å². The highest BCUT2D eigenvalue weighted by Crippen LogP contribution is 2.38. The van der Waals surface area contributed by atoms with E-state index in [0.29, 0.717) is 24.4 Å². The highest BCUT2D eigenvalue weighted by molar-refractivity contribution is 5.50. The molecule has 0 aliphatic carbocycles. The van der Waals surface area contributed by atoms with E-state index >= 15 is 0 Å². The van der Waals surface area contributed by atoms with E-state index in [0.717, 1.165) is 25.0 Å². The van der Waals surface area contributed by atoms with Crippen LogP contribution in [-0.4, -0.2) is 18.5 Å². The summed E-state index contributed by atoms with van der Waals surface area (Å²) in [6.45, 7) is 8.99. The topological polar surface area (TPSA) is 26.3 Å². The normalized spacial score (nSPS) is 36.2. The highest BCUT2D eigenvalue weighted by Gasteiger charge is 2.40. The second-order valence-corrected chi connectivity index (χ2v) is 5.30. The summed E-state index contributed by atoms with van der Waals surface area (Å²) in [5.74, 6) is 1.89. The van der Waals surface area contributed by atoms with Gasteiger partial charge in [0, 0.05) is 6.42 Å². The molecule has 0 bridgehead atoms. The monoisotopic (exact) mass is 226 g/mol. The summed E-state index contributed by atoms with van der Waals surface area (Å²) in [6, 6.07) is 0. The average Bonchev–Trinajstić information content (AvgIpc) is 2.56. The summed E-state index contributed by atoms with van der Waals surface area (Å²) in [4.78, 5) is 10.6. The van der Waals surface area contributed by atoms with E-state index in [9.17, 15) is 4.79 Å². The lowest BCUT2D eigenvalue weighted by Crippen LogP contribution is -2.20. The predicted molar refractivity (Wildman–Crippen MR) is 66.4 cm³/mol. The van der Waals surface area contributed by atoms with Crippen molar-refractivity contribution >= 4 is 6.29 Å². The fraction of sp³-hybridized carbons (Fsp3) is 0.929. The minimum absolute atomic E-state index is 0.173. The second-order valence-electron chi connectivity index (χ2n) is 5.30. The van der Waals surface area contributed by atoms with E-state index in [2.05, 4.69) is 27.7 Å². The Morgan fingerprint density at radius 1 is 1.31 bits per heavy atom. The molecule has 1 aliphatic rings. The van der Waals surface area contributed by atoms with Gasteiger partial charge in [0.25, 0.3) is 0 Å². The Labute approximate surface area is 99.8 Å². The molecule has 1 rings (SSSR count). The van der Waals surface area contributed by atoms with Gasteiger partial charge in [-0.15, -0.1) is 0 Å². The molecule has 0 spiro atoms. The van der Waals surface area contributed by atoms with Crippen molar-refractivity contribution in [1.82, 2.24) is 0 Å². The first-order valence-electron chi connectivity index (χ1n) is 6.73. The van der Waals surface area contributed by atoms with Gasteiger partial charge < -0.3 is 9.53 Å². The maximum atomic E-state index is 10.6. The van der Waals surface area contributed by atoms with Crippen LogP contribution in [0.5, 0.6) is 0 Å². The Bertz CT molecular complexity index is 215. The number of hydrogen-bond acceptors (Lipinski definition) is 2. The van der Waals surface area contributed by atoms with E-state index in [-0.39, 0.29) is 6.10 Å². The Kier molecular flexibility index (Phi) is 5.47. The molecule has 0 amide bonds. The van der Waals surface area contributed by atoms with Gasteiger partial charge >= 0.3 is 0 Å². The van der Waals surface area contributed by atoms with Gasteiger partial charge in [0.1, 0.15) is 6.29 Å². The summed E-state index contributed by atoms with van der Waals surface area (Å²) in [6.07, 6.45) is 5.59. The lowest BCUT2D eigenvalue weighted by molar-refractivity contribution is -0.110. The number of aldehydes is 1. The van der Waals surface area contributed by atoms with Crippen LogP contribution in [0.25, 0.3) is 0 Å². The Balaban J connectivity index is 2.58. The van der Waals surface area contributed by atoms with Crippen molar-refractivity contribution in [2.75, 3.05) is 0 Å². The van der Waals surface area contributed by atoms with Gasteiger partial charge in [-0.3, -0.25) is 0 Å². The minimum atomic E-state index is 0.173. The van der Waals surface area contributed by atoms with E-state index in [1.807, 2.05) is 0 Å². The fourth-order valence-electron chi connectivity index (χ4n) is 2.86. The molecule has 1 fully saturated rings. The van der Waals surface area contributed by atoms with Crippen molar-refractivity contribution in [3.8, 4) is 0 Å². The van der Waals surface area contributed by atoms with Crippen LogP contribution in [0.3, 0.4) is 0 Å². The van der Waals surface area contributed by atoms with E-state index in [1.165, 1.54) is 6.42 Å². The predicted octanol–water partition coefficient (Wildman–Crippen LogP) is 3.44. The molecule has 2 nitrogen and oxygen atoms in total. The molecule has 1 unspecified atom stereocenters. The van der Waals surface area contributed by atoms with Crippen LogP contribution < -0.4 is 0 Å². The zero-order valence-corrected chi connectivity index (χ0v) is 11.1. The number of carbonyl (C=O) groups excluding carboxylic acids is 1. The molecule has 0 aromatic carbocycles. The Hall–Kier alpha value is -0.370. The van der Waals surface area contributed by atoms with Gasteiger partial charge in [0.15, 0.2) is 0 Å². The fourth-order valence-corrected chi connectivity index (χ4v) is 2.86. The third kappa shape index (κ3) is 3.07. The molecule has 16 heavy (non-hydrogen) atoms. The molecule has 1 saturated heterocycles. The molecule has 2 heteroatoms. The van der Waals surface area contributed by atoms with Crippen molar-refractivity contribution in [1.29, 1.82) is 0 Å². The zero-order valence-electron chi connectivity index (χ0n) is 11.1. The molecule has 94 valence electrons. The third-order valence-electron chi connectivity index (χ3n) is 4.22. The lowest BCUT2D eigenvalue weighted by Gasteiger charge is -2.20. The largest absolute Gasteiger partial charge is 0.374 e. The van der Waals surface area contributed by atoms with Crippen LogP contribution in [-0.2, 0) is 9.53 Å². The summed E-state index contributed by atoms with van der Waals surface area (Å²) in [5, 5.41) is 0. The zero-order chi connectivity index (χ0) is 12.1. The molecule has 0 aromatic heterocycles. The molecule has 5 atom stereocenters. The maximum absolute atomic E-state index is 10.6. The number of carbonyl (C=O) groups is 1. The molecular formula is C14H26O2. The highest BCUT2D eigenvalue weighted by atomic mass is 16.5. The number of hydrogen-bond donors (Lipinski definition) is 0. The van der Waals surface area contributed by atoms with Crippen molar-refractivity contribution in [3.05, 3.63) is 0 Å². The van der Waals surface area contributed by atoms with Crippen molar-refractivity contribution in [2.45, 2.75) is 65.6 Å². The molecule has 0 aromatic rings. The van der Waals surface area contributed by atoms with Crippen molar-refractivity contribution in [2.24, 2.45) is 17.8 Å². The average molecular weight is 226 g/mol. The van der Waals surface area contributed by atoms with Crippen molar-refractivity contribution < 1.29 is 9.53 Å². The molecule has 0 N–H and O–H groups in total. The second kappa shape index (κ2) is 6.39. The van der Waals surface area contributed by atoms with Gasteiger partial charge in [0.05, 0.1) is 12.2 Å².